The Labute approximate surface area is 229 Å². The van der Waals surface area contributed by atoms with Gasteiger partial charge in [-0.05, 0) is 62.4 Å². The molecule has 1 unspecified atom stereocenters. The lowest BCUT2D eigenvalue weighted by molar-refractivity contribution is -0.148. The zero-order chi connectivity index (χ0) is 28.4. The van der Waals surface area contributed by atoms with Crippen LogP contribution in [0.2, 0.25) is 5.02 Å². The second-order valence-corrected chi connectivity index (χ2v) is 11.4. The molecule has 1 heterocycles. The van der Waals surface area contributed by atoms with E-state index in [1.54, 1.807) is 14.1 Å². The maximum atomic E-state index is 13.7. The molecule has 0 saturated carbocycles. The molecule has 0 bridgehead atoms. The van der Waals surface area contributed by atoms with Crippen LogP contribution in [0.3, 0.4) is 0 Å². The smallest absolute Gasteiger partial charge is 0.255 e. The van der Waals surface area contributed by atoms with Gasteiger partial charge in [-0.3, -0.25) is 19.3 Å². The third-order valence-electron chi connectivity index (χ3n) is 8.50. The first-order valence-electron chi connectivity index (χ1n) is 12.9. The second-order valence-electron chi connectivity index (χ2n) is 11.0. The molecule has 39 heavy (non-hydrogen) atoms. The lowest BCUT2D eigenvalue weighted by Crippen LogP contribution is -2.63. The number of carbonyl (C=O) groups is 3. The number of Topliss-reactive ketones (excluding diaryl/α,β-unsaturated/α-hetero) is 2. The average molecular weight is 562 g/mol. The summed E-state index contributed by atoms with van der Waals surface area (Å²) in [7, 11) is 3.17. The Morgan fingerprint density at radius 3 is 2.62 bits per heavy atom. The Morgan fingerprint density at radius 2 is 2.00 bits per heavy atom. The van der Waals surface area contributed by atoms with E-state index >= 15 is 0 Å². The standard InChI is InChI=1S/C27H32ClN3O8/c1-31(2)21-15-6-12-5-14-18(16(32)7-13(20(14)28)9-30-8-11-3-4-39-10-11)22(33)17(12)24(35)27(15,38)25(36)19(23(21)34)26(29)37/h7,11-12,15,21,30,32,34-35,38H,3-6,8-10H2,1-2H3,(H2,29,37)/t11?,12-,15-,21-,27-/m0/s1. The van der Waals surface area contributed by atoms with Gasteiger partial charge in [0.25, 0.3) is 5.91 Å². The van der Waals surface area contributed by atoms with Crippen LogP contribution in [0.15, 0.2) is 28.7 Å². The van der Waals surface area contributed by atoms with E-state index in [1.807, 2.05) is 0 Å². The summed E-state index contributed by atoms with van der Waals surface area (Å²) in [6, 6.07) is 0.351. The fourth-order valence-electron chi connectivity index (χ4n) is 6.64. The largest absolute Gasteiger partial charge is 0.510 e. The number of phenols is 1. The maximum Gasteiger partial charge on any atom is 0.255 e. The molecule has 0 aromatic heterocycles. The molecule has 12 heteroatoms. The number of carbonyl (C=O) groups excluding carboxylic acids is 3. The normalized spacial score (nSPS) is 30.5. The van der Waals surface area contributed by atoms with Crippen molar-refractivity contribution in [1.82, 2.24) is 10.2 Å². The zero-order valence-electron chi connectivity index (χ0n) is 21.7. The molecule has 0 spiro atoms. The maximum absolute atomic E-state index is 13.7. The number of nitrogens with zero attached hydrogens (tertiary/aromatic N) is 1. The van der Waals surface area contributed by atoms with E-state index in [2.05, 4.69) is 5.32 Å². The lowest BCUT2D eigenvalue weighted by Gasteiger charge is -2.50. The van der Waals surface area contributed by atoms with Crippen LogP contribution in [0, 0.1) is 17.8 Å². The molecule has 0 radical (unpaired) electrons. The van der Waals surface area contributed by atoms with Crippen LogP contribution < -0.4 is 11.1 Å². The van der Waals surface area contributed by atoms with Gasteiger partial charge in [0, 0.05) is 36.2 Å². The van der Waals surface area contributed by atoms with Crippen molar-refractivity contribution in [2.45, 2.75) is 37.5 Å². The van der Waals surface area contributed by atoms with Crippen molar-refractivity contribution < 1.29 is 39.5 Å². The van der Waals surface area contributed by atoms with Gasteiger partial charge in [0.15, 0.2) is 11.4 Å². The van der Waals surface area contributed by atoms with Crippen molar-refractivity contribution in [2.24, 2.45) is 23.5 Å². The summed E-state index contributed by atoms with van der Waals surface area (Å²) in [6.07, 6.45) is 1.11. The van der Waals surface area contributed by atoms with E-state index in [0.717, 1.165) is 13.0 Å². The molecule has 5 rings (SSSR count). The number of hydrogen-bond acceptors (Lipinski definition) is 10. The number of primary amides is 1. The average Bonchev–Trinajstić information content (AvgIpc) is 3.37. The minimum absolute atomic E-state index is 0.00695. The number of benzene rings is 1. The first kappa shape index (κ1) is 27.6. The van der Waals surface area contributed by atoms with Crippen molar-refractivity contribution in [1.29, 1.82) is 0 Å². The first-order chi connectivity index (χ1) is 18.4. The predicted molar refractivity (Wildman–Crippen MR) is 139 cm³/mol. The SMILES string of the molecule is CN(C)[C@@H]1C(O)=C(C(N)=O)C(=O)[C@@]2(O)C(O)=C3C(=O)c4c(O)cc(CNCC5CCOC5)c(Cl)c4C[C@H]3C[C@@H]12. The second kappa shape index (κ2) is 9.90. The molecule has 5 atom stereocenters. The highest BCUT2D eigenvalue weighted by Gasteiger charge is 2.63. The molecule has 1 amide bonds. The number of rotatable bonds is 6. The van der Waals surface area contributed by atoms with Crippen molar-refractivity contribution in [3.8, 4) is 5.75 Å². The highest BCUT2D eigenvalue weighted by atomic mass is 35.5. The van der Waals surface area contributed by atoms with Gasteiger partial charge in [-0.15, -0.1) is 0 Å². The number of fused-ring (bicyclic) bond motifs is 3. The van der Waals surface area contributed by atoms with Crippen LogP contribution in [0.25, 0.3) is 0 Å². The highest BCUT2D eigenvalue weighted by molar-refractivity contribution is 6.33. The molecule has 1 aromatic carbocycles. The van der Waals surface area contributed by atoms with E-state index in [4.69, 9.17) is 22.1 Å². The summed E-state index contributed by atoms with van der Waals surface area (Å²) >= 11 is 6.75. The first-order valence-corrected chi connectivity index (χ1v) is 13.2. The van der Waals surface area contributed by atoms with Crippen LogP contribution in [0.1, 0.15) is 34.3 Å². The summed E-state index contributed by atoms with van der Waals surface area (Å²) in [6.45, 7) is 2.48. The van der Waals surface area contributed by atoms with Crippen molar-refractivity contribution in [3.63, 3.8) is 0 Å². The molecule has 4 aliphatic rings. The molecule has 11 nitrogen and oxygen atoms in total. The summed E-state index contributed by atoms with van der Waals surface area (Å²) in [5, 5.41) is 48.3. The molecule has 7 N–H and O–H groups in total. The van der Waals surface area contributed by atoms with E-state index in [1.165, 1.54) is 11.0 Å². The van der Waals surface area contributed by atoms with E-state index < -0.39 is 58.0 Å². The van der Waals surface area contributed by atoms with Crippen LogP contribution in [-0.2, 0) is 27.3 Å². The predicted octanol–water partition coefficient (Wildman–Crippen LogP) is 0.900. The number of aliphatic hydroxyl groups excluding tert-OH is 2. The molecular formula is C27H32ClN3O8. The van der Waals surface area contributed by atoms with Crippen LogP contribution >= 0.6 is 11.6 Å². The Kier molecular flexibility index (Phi) is 7.01. The van der Waals surface area contributed by atoms with E-state index in [0.29, 0.717) is 41.8 Å². The topological polar surface area (TPSA) is 183 Å². The number of likely N-dealkylation sites (N-methyl/N-ethyl adjacent to an activating group) is 1. The molecule has 1 aromatic rings. The number of aliphatic hydroxyl groups is 3. The van der Waals surface area contributed by atoms with Crippen LogP contribution in [0.4, 0.5) is 0 Å². The van der Waals surface area contributed by atoms with Gasteiger partial charge in [-0.1, -0.05) is 11.6 Å². The summed E-state index contributed by atoms with van der Waals surface area (Å²) in [5.41, 5.74) is 2.54. The molecule has 210 valence electrons. The Hall–Kier alpha value is -2.96. The number of nitrogens with one attached hydrogen (secondary N) is 1. The number of allylic oxidation sites excluding steroid dienone is 1. The number of phenolic OH excluding ortho intramolecular Hbond substituents is 1. The number of hydrogen-bond donors (Lipinski definition) is 6. The third-order valence-corrected chi connectivity index (χ3v) is 8.97. The number of nitrogens with two attached hydrogens (primary N) is 1. The van der Waals surface area contributed by atoms with Gasteiger partial charge in [-0.2, -0.15) is 0 Å². The Morgan fingerprint density at radius 1 is 1.28 bits per heavy atom. The number of amides is 1. The molecule has 1 aliphatic heterocycles. The molecule has 3 aliphatic carbocycles. The molecule has 1 saturated heterocycles. The van der Waals surface area contributed by atoms with E-state index in [9.17, 15) is 34.8 Å². The number of aromatic hydroxyl groups is 1. The molecule has 1 fully saturated rings. The van der Waals surface area contributed by atoms with Crippen molar-refractivity contribution >= 4 is 29.1 Å². The lowest BCUT2D eigenvalue weighted by atomic mass is 9.58. The summed E-state index contributed by atoms with van der Waals surface area (Å²) in [5.74, 6) is -6.51. The van der Waals surface area contributed by atoms with Crippen LogP contribution in [0.5, 0.6) is 5.75 Å². The quantitative estimate of drug-likeness (QED) is 0.273. The Balaban J connectivity index is 1.55. The number of ether oxygens (including phenoxy) is 1. The minimum atomic E-state index is -2.67. The molecular weight excluding hydrogens is 530 g/mol. The van der Waals surface area contributed by atoms with Crippen LogP contribution in [-0.4, -0.2) is 88.3 Å². The van der Waals surface area contributed by atoms with Gasteiger partial charge >= 0.3 is 0 Å². The van der Waals surface area contributed by atoms with Gasteiger partial charge < -0.3 is 36.2 Å². The van der Waals surface area contributed by atoms with Gasteiger partial charge in [-0.25, -0.2) is 0 Å². The van der Waals surface area contributed by atoms with E-state index in [-0.39, 0.29) is 29.7 Å². The minimum Gasteiger partial charge on any atom is -0.510 e. The monoisotopic (exact) mass is 561 g/mol. The summed E-state index contributed by atoms with van der Waals surface area (Å²) in [4.78, 5) is 40.6. The number of halogens is 1. The highest BCUT2D eigenvalue weighted by Crippen LogP contribution is 2.53. The van der Waals surface area contributed by atoms with Crippen molar-refractivity contribution in [3.05, 3.63) is 50.4 Å². The fraction of sp³-hybridized carbons (Fsp3) is 0.519. The third kappa shape index (κ3) is 4.15. The fourth-order valence-corrected chi connectivity index (χ4v) is 6.93. The zero-order valence-corrected chi connectivity index (χ0v) is 22.4. The van der Waals surface area contributed by atoms with Gasteiger partial charge in [0.2, 0.25) is 5.78 Å². The van der Waals surface area contributed by atoms with Gasteiger partial charge in [0.1, 0.15) is 22.8 Å². The number of ketones is 2. The summed E-state index contributed by atoms with van der Waals surface area (Å²) < 4.78 is 5.39. The van der Waals surface area contributed by atoms with Crippen molar-refractivity contribution in [2.75, 3.05) is 33.9 Å². The Bertz CT molecular complexity index is 1330. The van der Waals surface area contributed by atoms with Gasteiger partial charge in [0.05, 0.1) is 18.2 Å².